The maximum Gasteiger partial charge on any atom is 0.416 e. The predicted octanol–water partition coefficient (Wildman–Crippen LogP) is 4.23. The van der Waals surface area contributed by atoms with Crippen molar-refractivity contribution in [1.82, 2.24) is 10.2 Å². The van der Waals surface area contributed by atoms with E-state index in [0.717, 1.165) is 19.0 Å². The summed E-state index contributed by atoms with van der Waals surface area (Å²) in [4.78, 5) is 2.04. The Balaban J connectivity index is 2.09. The Morgan fingerprint density at radius 2 is 1.64 bits per heavy atom. The molecule has 1 aliphatic rings. The van der Waals surface area contributed by atoms with Gasteiger partial charge in [0, 0.05) is 19.6 Å². The molecule has 1 atom stereocenters. The van der Waals surface area contributed by atoms with E-state index < -0.39 is 23.6 Å². The minimum absolute atomic E-state index is 0.212. The molecule has 0 aliphatic carbocycles. The molecule has 3 rings (SSSR count). The Labute approximate surface area is 144 Å². The summed E-state index contributed by atoms with van der Waals surface area (Å²) in [7, 11) is 0. The van der Waals surface area contributed by atoms with Crippen molar-refractivity contribution in [2.75, 3.05) is 26.2 Å². The van der Waals surface area contributed by atoms with Crippen molar-refractivity contribution >= 4 is 0 Å². The molecule has 0 saturated carbocycles. The molecular formula is C19H20F4N2. The second-order valence-electron chi connectivity index (χ2n) is 6.18. The van der Waals surface area contributed by atoms with Crippen LogP contribution < -0.4 is 5.32 Å². The van der Waals surface area contributed by atoms with E-state index in [9.17, 15) is 17.6 Å². The number of hydrogen-bond donors (Lipinski definition) is 1. The van der Waals surface area contributed by atoms with Crippen LogP contribution in [0.2, 0.25) is 0 Å². The largest absolute Gasteiger partial charge is 0.416 e. The maximum absolute atomic E-state index is 13.5. The van der Waals surface area contributed by atoms with Crippen LogP contribution in [0, 0.1) is 5.82 Å². The summed E-state index contributed by atoms with van der Waals surface area (Å²) in [6, 6.07) is 10.9. The Kier molecular flexibility index (Phi) is 5.39. The van der Waals surface area contributed by atoms with Gasteiger partial charge in [0.05, 0.1) is 11.6 Å². The van der Waals surface area contributed by atoms with Crippen LogP contribution in [0.1, 0.15) is 29.2 Å². The Bertz CT molecular complexity index is 689. The van der Waals surface area contributed by atoms with Crippen LogP contribution in [0.15, 0.2) is 48.5 Å². The van der Waals surface area contributed by atoms with Gasteiger partial charge in [0.15, 0.2) is 0 Å². The van der Waals surface area contributed by atoms with Gasteiger partial charge in [0.25, 0.3) is 0 Å². The number of hydrogen-bond acceptors (Lipinski definition) is 2. The van der Waals surface area contributed by atoms with Crippen molar-refractivity contribution in [2.24, 2.45) is 0 Å². The quantitative estimate of drug-likeness (QED) is 0.832. The average Bonchev–Trinajstić information content (AvgIpc) is 2.86. The lowest BCUT2D eigenvalue weighted by atomic mass is 9.92. The van der Waals surface area contributed by atoms with E-state index in [1.54, 1.807) is 18.2 Å². The second kappa shape index (κ2) is 7.54. The van der Waals surface area contributed by atoms with Crippen LogP contribution in [0.4, 0.5) is 17.6 Å². The number of alkyl halides is 3. The molecule has 1 saturated heterocycles. The zero-order valence-electron chi connectivity index (χ0n) is 13.7. The highest BCUT2D eigenvalue weighted by Gasteiger charge is 2.36. The van der Waals surface area contributed by atoms with Crippen LogP contribution in [0.25, 0.3) is 0 Å². The van der Waals surface area contributed by atoms with Gasteiger partial charge in [-0.1, -0.05) is 30.3 Å². The molecule has 25 heavy (non-hydrogen) atoms. The van der Waals surface area contributed by atoms with Crippen LogP contribution in [0.5, 0.6) is 0 Å². The van der Waals surface area contributed by atoms with Crippen molar-refractivity contribution in [1.29, 1.82) is 0 Å². The first-order chi connectivity index (χ1) is 12.0. The summed E-state index contributed by atoms with van der Waals surface area (Å²) in [5, 5.41) is 3.27. The van der Waals surface area contributed by atoms with Crippen LogP contribution in [0.3, 0.4) is 0 Å². The molecule has 6 heteroatoms. The van der Waals surface area contributed by atoms with Gasteiger partial charge in [-0.05, 0) is 42.3 Å². The summed E-state index contributed by atoms with van der Waals surface area (Å²) in [6.07, 6.45) is -3.58. The van der Waals surface area contributed by atoms with Crippen molar-refractivity contribution in [2.45, 2.75) is 18.6 Å². The van der Waals surface area contributed by atoms with Crippen molar-refractivity contribution in [3.05, 3.63) is 71.0 Å². The number of halogens is 4. The van der Waals surface area contributed by atoms with Gasteiger partial charge in [-0.2, -0.15) is 13.2 Å². The molecule has 2 aromatic rings. The van der Waals surface area contributed by atoms with E-state index in [1.807, 2.05) is 4.90 Å². The van der Waals surface area contributed by atoms with Gasteiger partial charge in [-0.3, -0.25) is 4.90 Å². The first-order valence-corrected chi connectivity index (χ1v) is 8.33. The fourth-order valence-corrected chi connectivity index (χ4v) is 3.35. The summed E-state index contributed by atoms with van der Waals surface area (Å²) in [6.45, 7) is 2.87. The molecule has 0 amide bonds. The molecule has 0 spiro atoms. The summed E-state index contributed by atoms with van der Waals surface area (Å²) in [5.41, 5.74) is 0.241. The third-order valence-corrected chi connectivity index (χ3v) is 4.49. The highest BCUT2D eigenvalue weighted by molar-refractivity contribution is 5.39. The summed E-state index contributed by atoms with van der Waals surface area (Å²) in [5.74, 6) is -0.399. The third kappa shape index (κ3) is 4.19. The standard InChI is InChI=1S/C19H20F4N2/c20-15-8-6-14(7-9-15)18(25-12-3-10-24-11-13-25)16-4-1-2-5-17(16)19(21,22)23/h1-2,4-9,18,24H,3,10-13H2. The number of nitrogens with zero attached hydrogens (tertiary/aromatic N) is 1. The zero-order valence-corrected chi connectivity index (χ0v) is 13.7. The normalized spacial score (nSPS) is 17.9. The molecule has 0 aromatic heterocycles. The Hall–Kier alpha value is -1.92. The molecule has 0 bridgehead atoms. The summed E-state index contributed by atoms with van der Waals surface area (Å²) < 4.78 is 54.0. The van der Waals surface area contributed by atoms with Gasteiger partial charge in [0.2, 0.25) is 0 Å². The molecule has 1 N–H and O–H groups in total. The average molecular weight is 352 g/mol. The van der Waals surface area contributed by atoms with E-state index in [2.05, 4.69) is 5.32 Å². The zero-order chi connectivity index (χ0) is 17.9. The minimum Gasteiger partial charge on any atom is -0.315 e. The second-order valence-corrected chi connectivity index (χ2v) is 6.18. The topological polar surface area (TPSA) is 15.3 Å². The number of benzene rings is 2. The van der Waals surface area contributed by atoms with E-state index >= 15 is 0 Å². The van der Waals surface area contributed by atoms with Gasteiger partial charge in [-0.15, -0.1) is 0 Å². The predicted molar refractivity (Wildman–Crippen MR) is 88.7 cm³/mol. The van der Waals surface area contributed by atoms with Gasteiger partial charge in [-0.25, -0.2) is 4.39 Å². The fourth-order valence-electron chi connectivity index (χ4n) is 3.35. The van der Waals surface area contributed by atoms with Gasteiger partial charge < -0.3 is 5.32 Å². The van der Waals surface area contributed by atoms with Gasteiger partial charge >= 0.3 is 6.18 Å². The van der Waals surface area contributed by atoms with Crippen LogP contribution >= 0.6 is 0 Å². The molecule has 134 valence electrons. The molecule has 1 unspecified atom stereocenters. The van der Waals surface area contributed by atoms with Gasteiger partial charge in [0.1, 0.15) is 5.82 Å². The minimum atomic E-state index is -4.43. The highest BCUT2D eigenvalue weighted by Crippen LogP contribution is 2.39. The SMILES string of the molecule is Fc1ccc(C(c2ccccc2C(F)(F)F)N2CCCNCC2)cc1. The first-order valence-electron chi connectivity index (χ1n) is 8.33. The van der Waals surface area contributed by atoms with Crippen molar-refractivity contribution in [3.8, 4) is 0 Å². The molecule has 1 heterocycles. The molecule has 2 nitrogen and oxygen atoms in total. The van der Waals surface area contributed by atoms with E-state index in [0.29, 0.717) is 25.2 Å². The number of rotatable bonds is 3. The molecule has 1 fully saturated rings. The van der Waals surface area contributed by atoms with E-state index in [-0.39, 0.29) is 5.56 Å². The smallest absolute Gasteiger partial charge is 0.315 e. The lowest BCUT2D eigenvalue weighted by Gasteiger charge is -2.33. The molecule has 0 radical (unpaired) electrons. The van der Waals surface area contributed by atoms with Crippen molar-refractivity contribution < 1.29 is 17.6 Å². The van der Waals surface area contributed by atoms with Crippen molar-refractivity contribution in [3.63, 3.8) is 0 Å². The molecule has 2 aromatic carbocycles. The molecule has 1 aliphatic heterocycles. The highest BCUT2D eigenvalue weighted by atomic mass is 19.4. The van der Waals surface area contributed by atoms with Crippen LogP contribution in [-0.4, -0.2) is 31.1 Å². The van der Waals surface area contributed by atoms with Crippen LogP contribution in [-0.2, 0) is 6.18 Å². The monoisotopic (exact) mass is 352 g/mol. The maximum atomic E-state index is 13.5. The first kappa shape index (κ1) is 17.9. The fraction of sp³-hybridized carbons (Fsp3) is 0.368. The van der Waals surface area contributed by atoms with E-state index in [4.69, 9.17) is 0 Å². The molecular weight excluding hydrogens is 332 g/mol. The third-order valence-electron chi connectivity index (χ3n) is 4.49. The summed E-state index contributed by atoms with van der Waals surface area (Å²) >= 11 is 0. The lowest BCUT2D eigenvalue weighted by molar-refractivity contribution is -0.138. The Morgan fingerprint density at radius 3 is 2.36 bits per heavy atom. The Morgan fingerprint density at radius 1 is 0.920 bits per heavy atom. The number of nitrogens with one attached hydrogen (secondary N) is 1. The lowest BCUT2D eigenvalue weighted by Crippen LogP contribution is -2.34. The van der Waals surface area contributed by atoms with E-state index in [1.165, 1.54) is 24.3 Å².